The van der Waals surface area contributed by atoms with Crippen LogP contribution in [0.15, 0.2) is 75.3 Å². The van der Waals surface area contributed by atoms with Crippen LogP contribution in [0.1, 0.15) is 22.0 Å². The van der Waals surface area contributed by atoms with Gasteiger partial charge in [0.05, 0.1) is 18.8 Å². The molecule has 0 radical (unpaired) electrons. The lowest BCUT2D eigenvalue weighted by Crippen LogP contribution is -2.45. The molecule has 1 saturated heterocycles. The fourth-order valence-electron chi connectivity index (χ4n) is 4.61. The molecule has 3 aromatic rings. The molecule has 8 heteroatoms. The Hall–Kier alpha value is -3.07. The number of para-hydroxylation sites is 1. The van der Waals surface area contributed by atoms with Gasteiger partial charge in [-0.1, -0.05) is 30.0 Å². The van der Waals surface area contributed by atoms with E-state index in [4.69, 9.17) is 9.41 Å². The van der Waals surface area contributed by atoms with Crippen LogP contribution < -0.4 is 10.6 Å². The smallest absolute Gasteiger partial charge is 0.255 e. The number of nitrogens with one attached hydrogen (secondary N) is 2. The summed E-state index contributed by atoms with van der Waals surface area (Å²) in [5, 5.41) is 10.7. The van der Waals surface area contributed by atoms with E-state index in [9.17, 15) is 4.79 Å². The van der Waals surface area contributed by atoms with Gasteiger partial charge < -0.3 is 20.0 Å². The van der Waals surface area contributed by atoms with Gasteiger partial charge in [-0.05, 0) is 35.7 Å². The molecule has 33 heavy (non-hydrogen) atoms. The molecule has 2 aromatic carbocycles. The number of rotatable bonds is 5. The first-order valence-corrected chi connectivity index (χ1v) is 12.1. The van der Waals surface area contributed by atoms with E-state index >= 15 is 0 Å². The fourth-order valence-corrected chi connectivity index (χ4v) is 5.56. The van der Waals surface area contributed by atoms with Crippen LogP contribution in [0, 0.1) is 0 Å². The van der Waals surface area contributed by atoms with Gasteiger partial charge in [0, 0.05) is 60.6 Å². The average molecular weight is 460 g/mol. The zero-order valence-corrected chi connectivity index (χ0v) is 19.0. The third-order valence-corrected chi connectivity index (χ3v) is 7.30. The molecule has 6 rings (SSSR count). The highest BCUT2D eigenvalue weighted by atomic mass is 32.2. The molecule has 0 aliphatic carbocycles. The van der Waals surface area contributed by atoms with Gasteiger partial charge in [0.1, 0.15) is 5.58 Å². The second-order valence-corrected chi connectivity index (χ2v) is 9.34. The van der Waals surface area contributed by atoms with Gasteiger partial charge in [0.25, 0.3) is 5.91 Å². The van der Waals surface area contributed by atoms with E-state index in [1.807, 2.05) is 36.4 Å². The van der Waals surface area contributed by atoms with Crippen LogP contribution in [-0.4, -0.2) is 60.1 Å². The number of hydrogen-bond donors (Lipinski definition) is 2. The standard InChI is InChI=1S/C25H25N5O2S/c31-24(18-5-6-23-17(13-18)7-12-32-23)27-21-4-2-1-3-20(21)22-15-30-19(16-33-25(30)28-22)14-29-10-8-26-9-11-29/h1-7,12-13,16,22,26H,8-11,14-15H2,(H,27,31). The first-order chi connectivity index (χ1) is 16.2. The van der Waals surface area contributed by atoms with Gasteiger partial charge in [0.15, 0.2) is 5.17 Å². The molecule has 7 nitrogen and oxygen atoms in total. The monoisotopic (exact) mass is 459 g/mol. The van der Waals surface area contributed by atoms with Crippen molar-refractivity contribution in [2.45, 2.75) is 6.04 Å². The van der Waals surface area contributed by atoms with Crippen molar-refractivity contribution < 1.29 is 9.21 Å². The van der Waals surface area contributed by atoms with Crippen molar-refractivity contribution >= 4 is 39.5 Å². The number of benzene rings is 2. The molecule has 0 spiro atoms. The Balaban J connectivity index is 1.18. The van der Waals surface area contributed by atoms with Crippen molar-refractivity contribution in [1.82, 2.24) is 15.1 Å². The third-order valence-electron chi connectivity index (χ3n) is 6.38. The number of thioether (sulfide) groups is 1. The number of carbonyl (C=O) groups is 1. The molecule has 2 N–H and O–H groups in total. The van der Waals surface area contributed by atoms with Crippen LogP contribution in [0.2, 0.25) is 0 Å². The number of nitrogens with zero attached hydrogens (tertiary/aromatic N) is 3. The molecule has 4 heterocycles. The minimum absolute atomic E-state index is 0.00734. The van der Waals surface area contributed by atoms with E-state index in [0.29, 0.717) is 5.56 Å². The maximum Gasteiger partial charge on any atom is 0.255 e. The van der Waals surface area contributed by atoms with Crippen LogP contribution >= 0.6 is 11.8 Å². The van der Waals surface area contributed by atoms with Gasteiger partial charge in [-0.25, -0.2) is 0 Å². The minimum Gasteiger partial charge on any atom is -0.464 e. The van der Waals surface area contributed by atoms with Gasteiger partial charge in [-0.15, -0.1) is 0 Å². The Morgan fingerprint density at radius 2 is 2.06 bits per heavy atom. The summed E-state index contributed by atoms with van der Waals surface area (Å²) < 4.78 is 5.39. The first-order valence-electron chi connectivity index (χ1n) is 11.3. The van der Waals surface area contributed by atoms with E-state index in [-0.39, 0.29) is 11.9 Å². The number of aliphatic imine (C=N–C) groups is 1. The lowest BCUT2D eigenvalue weighted by atomic mass is 10.0. The summed E-state index contributed by atoms with van der Waals surface area (Å²) in [7, 11) is 0. The topological polar surface area (TPSA) is 73.1 Å². The molecular formula is C25H25N5O2S. The predicted molar refractivity (Wildman–Crippen MR) is 132 cm³/mol. The third kappa shape index (κ3) is 4.06. The van der Waals surface area contributed by atoms with Gasteiger partial charge in [0.2, 0.25) is 0 Å². The second kappa shape index (κ2) is 8.70. The number of anilines is 1. The van der Waals surface area contributed by atoms with E-state index in [1.165, 1.54) is 5.70 Å². The molecule has 1 unspecified atom stereocenters. The Bertz CT molecular complexity index is 1260. The van der Waals surface area contributed by atoms with Gasteiger partial charge in [-0.2, -0.15) is 0 Å². The lowest BCUT2D eigenvalue weighted by Gasteiger charge is -2.29. The summed E-state index contributed by atoms with van der Waals surface area (Å²) in [6.45, 7) is 6.00. The highest BCUT2D eigenvalue weighted by Gasteiger charge is 2.34. The summed E-state index contributed by atoms with van der Waals surface area (Å²) in [5.74, 6) is -0.134. The maximum absolute atomic E-state index is 13.0. The van der Waals surface area contributed by atoms with Crippen molar-refractivity contribution in [1.29, 1.82) is 0 Å². The number of amides is 1. The van der Waals surface area contributed by atoms with Crippen LogP contribution in [0.3, 0.4) is 0 Å². The number of piperazine rings is 1. The highest BCUT2D eigenvalue weighted by molar-refractivity contribution is 8.16. The predicted octanol–water partition coefficient (Wildman–Crippen LogP) is 3.89. The van der Waals surface area contributed by atoms with E-state index in [2.05, 4.69) is 31.9 Å². The van der Waals surface area contributed by atoms with Crippen LogP contribution in [-0.2, 0) is 0 Å². The van der Waals surface area contributed by atoms with Crippen molar-refractivity contribution in [2.75, 3.05) is 44.6 Å². The Morgan fingerprint density at radius 3 is 2.97 bits per heavy atom. The molecule has 0 saturated carbocycles. The first kappa shape index (κ1) is 20.5. The number of fused-ring (bicyclic) bond motifs is 2. The normalized spacial score (nSPS) is 20.6. The molecule has 1 atom stereocenters. The number of carbonyl (C=O) groups excluding carboxylic acids is 1. The summed E-state index contributed by atoms with van der Waals surface area (Å²) in [4.78, 5) is 22.8. The van der Waals surface area contributed by atoms with Gasteiger partial charge in [-0.3, -0.25) is 14.7 Å². The summed E-state index contributed by atoms with van der Waals surface area (Å²) in [6.07, 6.45) is 1.63. The fraction of sp³-hybridized carbons (Fsp3) is 0.280. The SMILES string of the molecule is O=C(Nc1ccccc1C1CN2C(CN3CCNCC3)=CSC2=N1)c1ccc2occc2c1. The second-order valence-electron chi connectivity index (χ2n) is 8.51. The molecule has 168 valence electrons. The average Bonchev–Trinajstić information content (AvgIpc) is 3.57. The maximum atomic E-state index is 13.0. The Morgan fingerprint density at radius 1 is 1.18 bits per heavy atom. The van der Waals surface area contributed by atoms with Crippen molar-refractivity contribution in [3.8, 4) is 0 Å². The molecule has 1 aromatic heterocycles. The van der Waals surface area contributed by atoms with E-state index in [0.717, 1.165) is 66.7 Å². The summed E-state index contributed by atoms with van der Waals surface area (Å²) in [6, 6.07) is 15.3. The number of amidine groups is 1. The molecule has 0 bridgehead atoms. The molecule has 1 amide bonds. The van der Waals surface area contributed by atoms with E-state index in [1.54, 1.807) is 24.1 Å². The van der Waals surface area contributed by atoms with E-state index < -0.39 is 0 Å². The summed E-state index contributed by atoms with van der Waals surface area (Å²) >= 11 is 1.70. The van der Waals surface area contributed by atoms with Gasteiger partial charge >= 0.3 is 0 Å². The zero-order chi connectivity index (χ0) is 22.2. The minimum atomic E-state index is -0.134. The van der Waals surface area contributed by atoms with Crippen LogP contribution in [0.5, 0.6) is 0 Å². The molecule has 3 aliphatic rings. The number of hydrogen-bond acceptors (Lipinski definition) is 7. The molecule has 3 aliphatic heterocycles. The quantitative estimate of drug-likeness (QED) is 0.603. The van der Waals surface area contributed by atoms with Crippen molar-refractivity contribution in [3.63, 3.8) is 0 Å². The Kier molecular flexibility index (Phi) is 5.41. The Labute approximate surface area is 196 Å². The largest absolute Gasteiger partial charge is 0.464 e. The van der Waals surface area contributed by atoms with Crippen molar-refractivity contribution in [2.24, 2.45) is 4.99 Å². The van der Waals surface area contributed by atoms with Crippen molar-refractivity contribution in [3.05, 3.63) is 77.0 Å². The lowest BCUT2D eigenvalue weighted by molar-refractivity contribution is 0.102. The summed E-state index contributed by atoms with van der Waals surface area (Å²) in [5.41, 5.74) is 4.55. The molecule has 1 fully saturated rings. The molecular weight excluding hydrogens is 434 g/mol. The zero-order valence-electron chi connectivity index (χ0n) is 18.2. The highest BCUT2D eigenvalue weighted by Crippen LogP contribution is 2.39. The van der Waals surface area contributed by atoms with Crippen LogP contribution in [0.4, 0.5) is 5.69 Å². The van der Waals surface area contributed by atoms with Crippen LogP contribution in [0.25, 0.3) is 11.0 Å². The number of furan rings is 1.